The quantitative estimate of drug-likeness (QED) is 0.761. The minimum atomic E-state index is -0.0495. The smallest absolute Gasteiger partial charge is 0.251 e. The number of carbonyl (C=O) groups excluding carboxylic acids is 1. The molecule has 5 heteroatoms. The van der Waals surface area contributed by atoms with Gasteiger partial charge < -0.3 is 15.4 Å². The van der Waals surface area contributed by atoms with Crippen LogP contribution in [0, 0.1) is 0 Å². The molecule has 0 bridgehead atoms. The molecule has 1 amide bonds. The summed E-state index contributed by atoms with van der Waals surface area (Å²) in [6, 6.07) is 14.5. The van der Waals surface area contributed by atoms with Crippen LogP contribution >= 0.6 is 11.6 Å². The molecule has 1 aliphatic heterocycles. The van der Waals surface area contributed by atoms with Gasteiger partial charge in [-0.1, -0.05) is 11.6 Å². The molecule has 2 aromatic carbocycles. The summed E-state index contributed by atoms with van der Waals surface area (Å²) < 4.78 is 5.77. The van der Waals surface area contributed by atoms with Crippen molar-refractivity contribution in [3.8, 4) is 11.5 Å². The third-order valence-electron chi connectivity index (χ3n) is 4.69. The molecule has 1 aliphatic rings. The van der Waals surface area contributed by atoms with Crippen molar-refractivity contribution in [2.45, 2.75) is 57.7 Å². The van der Waals surface area contributed by atoms with Crippen LogP contribution in [-0.2, 0) is 0 Å². The largest absolute Gasteiger partial charge is 0.457 e. The topological polar surface area (TPSA) is 50.4 Å². The molecule has 144 valence electrons. The van der Waals surface area contributed by atoms with Crippen LogP contribution in [0.5, 0.6) is 11.5 Å². The Kier molecular flexibility index (Phi) is 5.50. The number of nitrogens with one attached hydrogen (secondary N) is 2. The normalized spacial score (nSPS) is 18.7. The molecule has 0 atom stereocenters. The van der Waals surface area contributed by atoms with E-state index < -0.39 is 0 Å². The van der Waals surface area contributed by atoms with Crippen LogP contribution < -0.4 is 15.4 Å². The lowest BCUT2D eigenvalue weighted by molar-refractivity contribution is 0.0873. The third kappa shape index (κ3) is 5.47. The maximum atomic E-state index is 12.7. The van der Waals surface area contributed by atoms with Gasteiger partial charge in [-0.15, -0.1) is 0 Å². The van der Waals surface area contributed by atoms with Gasteiger partial charge in [-0.3, -0.25) is 4.79 Å². The van der Waals surface area contributed by atoms with E-state index in [-0.39, 0.29) is 23.0 Å². The fraction of sp³-hybridized carbons (Fsp3) is 0.409. The molecule has 4 nitrogen and oxygen atoms in total. The van der Waals surface area contributed by atoms with Gasteiger partial charge >= 0.3 is 0 Å². The first-order chi connectivity index (χ1) is 12.6. The number of rotatable bonds is 4. The second-order valence-corrected chi connectivity index (χ2v) is 8.99. The van der Waals surface area contributed by atoms with Gasteiger partial charge in [-0.2, -0.15) is 0 Å². The number of amides is 1. The summed E-state index contributed by atoms with van der Waals surface area (Å²) >= 11 is 5.88. The fourth-order valence-electron chi connectivity index (χ4n) is 4.01. The van der Waals surface area contributed by atoms with Gasteiger partial charge in [0, 0.05) is 27.7 Å². The third-order valence-corrected chi connectivity index (χ3v) is 4.94. The van der Waals surface area contributed by atoms with Gasteiger partial charge in [0.15, 0.2) is 0 Å². The average Bonchev–Trinajstić information content (AvgIpc) is 2.54. The lowest BCUT2D eigenvalue weighted by atomic mass is 9.79. The van der Waals surface area contributed by atoms with E-state index in [1.165, 1.54) is 0 Å². The molecular weight excluding hydrogens is 360 g/mol. The fourth-order valence-corrected chi connectivity index (χ4v) is 4.13. The van der Waals surface area contributed by atoms with E-state index in [4.69, 9.17) is 16.3 Å². The van der Waals surface area contributed by atoms with Gasteiger partial charge in [0.2, 0.25) is 0 Å². The second kappa shape index (κ2) is 7.53. The molecule has 0 aromatic heterocycles. The van der Waals surface area contributed by atoms with Crippen molar-refractivity contribution in [1.82, 2.24) is 10.6 Å². The van der Waals surface area contributed by atoms with Crippen molar-refractivity contribution in [3.05, 3.63) is 59.1 Å². The highest BCUT2D eigenvalue weighted by Gasteiger charge is 2.38. The van der Waals surface area contributed by atoms with Crippen molar-refractivity contribution < 1.29 is 9.53 Å². The Labute approximate surface area is 166 Å². The number of piperidine rings is 1. The van der Waals surface area contributed by atoms with Gasteiger partial charge in [0.05, 0.1) is 0 Å². The maximum absolute atomic E-state index is 12.7. The summed E-state index contributed by atoms with van der Waals surface area (Å²) in [5.74, 6) is 1.33. The number of hydrogen-bond acceptors (Lipinski definition) is 3. The SMILES string of the molecule is CC1(C)CC(NC(=O)c2ccc(Oc3ccc(Cl)cc3)cc2)CC(C)(C)N1. The Hall–Kier alpha value is -2.04. The van der Waals surface area contributed by atoms with E-state index in [1.54, 1.807) is 36.4 Å². The highest BCUT2D eigenvalue weighted by atomic mass is 35.5. The van der Waals surface area contributed by atoms with Crippen molar-refractivity contribution in [2.24, 2.45) is 0 Å². The molecule has 1 fully saturated rings. The van der Waals surface area contributed by atoms with Crippen LogP contribution in [0.1, 0.15) is 50.9 Å². The molecule has 0 aliphatic carbocycles. The van der Waals surface area contributed by atoms with Crippen molar-refractivity contribution in [2.75, 3.05) is 0 Å². The first-order valence-electron chi connectivity index (χ1n) is 9.26. The molecule has 3 rings (SSSR count). The van der Waals surface area contributed by atoms with Crippen LogP contribution in [-0.4, -0.2) is 23.0 Å². The lowest BCUT2D eigenvalue weighted by Gasteiger charge is -2.46. The molecule has 27 heavy (non-hydrogen) atoms. The lowest BCUT2D eigenvalue weighted by Crippen LogP contribution is -2.62. The number of ether oxygens (including phenoxy) is 1. The summed E-state index contributed by atoms with van der Waals surface area (Å²) in [7, 11) is 0. The van der Waals surface area contributed by atoms with Crippen LogP contribution in [0.25, 0.3) is 0 Å². The predicted molar refractivity (Wildman–Crippen MR) is 110 cm³/mol. The summed E-state index contributed by atoms with van der Waals surface area (Å²) in [5.41, 5.74) is 0.624. The number of hydrogen-bond donors (Lipinski definition) is 2. The number of halogens is 1. The molecule has 0 spiro atoms. The van der Waals surface area contributed by atoms with Gasteiger partial charge in [-0.05, 0) is 89.1 Å². The van der Waals surface area contributed by atoms with Crippen LogP contribution in [0.2, 0.25) is 5.02 Å². The van der Waals surface area contributed by atoms with Crippen molar-refractivity contribution in [3.63, 3.8) is 0 Å². The van der Waals surface area contributed by atoms with E-state index in [0.29, 0.717) is 22.1 Å². The zero-order valence-corrected chi connectivity index (χ0v) is 17.1. The van der Waals surface area contributed by atoms with Crippen LogP contribution in [0.4, 0.5) is 0 Å². The molecule has 2 N–H and O–H groups in total. The van der Waals surface area contributed by atoms with Crippen molar-refractivity contribution >= 4 is 17.5 Å². The average molecular weight is 387 g/mol. The summed E-state index contributed by atoms with van der Waals surface area (Å²) in [5, 5.41) is 7.49. The summed E-state index contributed by atoms with van der Waals surface area (Å²) in [6.45, 7) is 8.71. The summed E-state index contributed by atoms with van der Waals surface area (Å²) in [4.78, 5) is 12.7. The van der Waals surface area contributed by atoms with Crippen LogP contribution in [0.3, 0.4) is 0 Å². The Morgan fingerprint density at radius 1 is 0.963 bits per heavy atom. The van der Waals surface area contributed by atoms with E-state index >= 15 is 0 Å². The Balaban J connectivity index is 1.63. The molecule has 1 heterocycles. The molecule has 0 saturated carbocycles. The van der Waals surface area contributed by atoms with E-state index in [9.17, 15) is 4.79 Å². The number of carbonyl (C=O) groups is 1. The van der Waals surface area contributed by atoms with Crippen LogP contribution in [0.15, 0.2) is 48.5 Å². The number of benzene rings is 2. The standard InChI is InChI=1S/C22H27ClN2O2/c1-21(2)13-17(14-22(3,4)25-21)24-20(26)15-5-9-18(10-6-15)27-19-11-7-16(23)8-12-19/h5-12,17,25H,13-14H2,1-4H3,(H,24,26). The highest BCUT2D eigenvalue weighted by molar-refractivity contribution is 6.30. The molecule has 2 aromatic rings. The molecule has 0 unspecified atom stereocenters. The van der Waals surface area contributed by atoms with Gasteiger partial charge in [-0.25, -0.2) is 0 Å². The monoisotopic (exact) mass is 386 g/mol. The van der Waals surface area contributed by atoms with Gasteiger partial charge in [0.25, 0.3) is 5.91 Å². The Morgan fingerprint density at radius 3 is 1.96 bits per heavy atom. The Bertz CT molecular complexity index is 782. The van der Waals surface area contributed by atoms with Crippen molar-refractivity contribution in [1.29, 1.82) is 0 Å². The van der Waals surface area contributed by atoms with E-state index in [2.05, 4.69) is 38.3 Å². The Morgan fingerprint density at radius 2 is 1.44 bits per heavy atom. The molecule has 1 saturated heterocycles. The first kappa shape index (κ1) is 19.7. The molecular formula is C22H27ClN2O2. The zero-order chi connectivity index (χ0) is 19.7. The molecule has 0 radical (unpaired) electrons. The maximum Gasteiger partial charge on any atom is 0.251 e. The van der Waals surface area contributed by atoms with E-state index in [1.807, 2.05) is 12.1 Å². The minimum Gasteiger partial charge on any atom is -0.457 e. The first-order valence-corrected chi connectivity index (χ1v) is 9.63. The minimum absolute atomic E-state index is 0.00399. The predicted octanol–water partition coefficient (Wildman–Crippen LogP) is 5.17. The summed E-state index contributed by atoms with van der Waals surface area (Å²) in [6.07, 6.45) is 1.81. The van der Waals surface area contributed by atoms with Gasteiger partial charge in [0.1, 0.15) is 11.5 Å². The van der Waals surface area contributed by atoms with E-state index in [0.717, 1.165) is 12.8 Å². The zero-order valence-electron chi connectivity index (χ0n) is 16.3. The second-order valence-electron chi connectivity index (χ2n) is 8.55. The highest BCUT2D eigenvalue weighted by Crippen LogP contribution is 2.29.